The Labute approximate surface area is 205 Å². The molecule has 36 heavy (non-hydrogen) atoms. The topological polar surface area (TPSA) is 99.4 Å². The molecular weight excluding hydrogens is 479 g/mol. The number of amides is 1. The fourth-order valence-corrected chi connectivity index (χ4v) is 5.43. The zero-order chi connectivity index (χ0) is 26.2. The van der Waals surface area contributed by atoms with Crippen molar-refractivity contribution in [3.63, 3.8) is 0 Å². The quantitative estimate of drug-likeness (QED) is 0.626. The van der Waals surface area contributed by atoms with Gasteiger partial charge in [0, 0.05) is 25.2 Å². The molecule has 2 aliphatic rings. The van der Waals surface area contributed by atoms with Crippen molar-refractivity contribution in [1.82, 2.24) is 14.5 Å². The summed E-state index contributed by atoms with van der Waals surface area (Å²) in [6, 6.07) is 2.44. The van der Waals surface area contributed by atoms with Crippen LogP contribution in [0.1, 0.15) is 85.1 Å². The van der Waals surface area contributed by atoms with Gasteiger partial charge in [-0.15, -0.1) is 0 Å². The van der Waals surface area contributed by atoms with Gasteiger partial charge in [0.05, 0.1) is 18.2 Å². The van der Waals surface area contributed by atoms with Crippen LogP contribution in [-0.2, 0) is 22.1 Å². The molecule has 1 saturated carbocycles. The minimum absolute atomic E-state index is 0.0143. The van der Waals surface area contributed by atoms with Gasteiger partial charge in [0.2, 0.25) is 5.91 Å². The Morgan fingerprint density at radius 1 is 1.11 bits per heavy atom. The van der Waals surface area contributed by atoms with E-state index in [2.05, 4.69) is 5.32 Å². The number of aromatic nitrogens is 2. The van der Waals surface area contributed by atoms with Gasteiger partial charge in [0.25, 0.3) is 5.56 Å². The maximum Gasteiger partial charge on any atom is 0.416 e. The van der Waals surface area contributed by atoms with Crippen molar-refractivity contribution in [2.45, 2.75) is 76.7 Å². The molecule has 1 amide bonds. The summed E-state index contributed by atoms with van der Waals surface area (Å²) in [5.41, 5.74) is -2.35. The molecule has 8 nitrogen and oxygen atoms in total. The number of carbonyl (C=O) groups is 2. The molecule has 0 aliphatic heterocycles. The van der Waals surface area contributed by atoms with Crippen molar-refractivity contribution in [1.29, 1.82) is 0 Å². The molecule has 0 unspecified atom stereocenters. The van der Waals surface area contributed by atoms with Crippen molar-refractivity contribution >= 4 is 11.9 Å². The molecule has 1 N–H and O–H groups in total. The lowest BCUT2D eigenvalue weighted by Gasteiger charge is -2.31. The third-order valence-corrected chi connectivity index (χ3v) is 6.99. The van der Waals surface area contributed by atoms with Gasteiger partial charge in [0.15, 0.2) is 0 Å². The van der Waals surface area contributed by atoms with Crippen LogP contribution in [0.25, 0.3) is 0 Å². The number of rotatable bonds is 5. The highest BCUT2D eigenvalue weighted by molar-refractivity contribution is 5.88. The molecular formula is C25H28F3N3O5. The van der Waals surface area contributed by atoms with Crippen LogP contribution >= 0.6 is 0 Å². The Morgan fingerprint density at radius 2 is 1.81 bits per heavy atom. The zero-order valence-corrected chi connectivity index (χ0v) is 20.1. The summed E-state index contributed by atoms with van der Waals surface area (Å²) in [5.74, 6) is -1.04. The van der Waals surface area contributed by atoms with Gasteiger partial charge < -0.3 is 10.1 Å². The first kappa shape index (κ1) is 25.7. The first-order chi connectivity index (χ1) is 17.0. The Bertz CT molecular complexity index is 1290. The number of benzene rings is 1. The van der Waals surface area contributed by atoms with Crippen molar-refractivity contribution in [3.8, 4) is 0 Å². The zero-order valence-electron chi connectivity index (χ0n) is 20.1. The van der Waals surface area contributed by atoms with E-state index in [9.17, 15) is 32.3 Å². The van der Waals surface area contributed by atoms with Crippen LogP contribution in [0.2, 0.25) is 0 Å². The third-order valence-electron chi connectivity index (χ3n) is 6.99. The first-order valence-corrected chi connectivity index (χ1v) is 12.0. The van der Waals surface area contributed by atoms with Gasteiger partial charge in [-0.25, -0.2) is 9.59 Å². The van der Waals surface area contributed by atoms with Crippen molar-refractivity contribution in [3.05, 3.63) is 67.5 Å². The number of halogens is 3. The fourth-order valence-electron chi connectivity index (χ4n) is 5.43. The van der Waals surface area contributed by atoms with Crippen LogP contribution in [0.4, 0.5) is 13.2 Å². The average molecular weight is 508 g/mol. The second-order valence-electron chi connectivity index (χ2n) is 9.26. The molecule has 1 aromatic carbocycles. The van der Waals surface area contributed by atoms with Crippen molar-refractivity contribution < 1.29 is 27.5 Å². The predicted molar refractivity (Wildman–Crippen MR) is 124 cm³/mol. The fraction of sp³-hybridized carbons (Fsp3) is 0.520. The minimum Gasteiger partial charge on any atom is -0.462 e. The molecule has 2 aliphatic carbocycles. The normalized spacial score (nSPS) is 21.6. The van der Waals surface area contributed by atoms with Gasteiger partial charge in [0.1, 0.15) is 5.56 Å². The van der Waals surface area contributed by atoms with Crippen LogP contribution < -0.4 is 16.6 Å². The lowest BCUT2D eigenvalue weighted by atomic mass is 9.91. The van der Waals surface area contributed by atoms with Gasteiger partial charge in [-0.2, -0.15) is 13.2 Å². The molecule has 11 heteroatoms. The molecule has 1 fully saturated rings. The lowest BCUT2D eigenvalue weighted by molar-refractivity contribution is -0.138. The molecule has 0 radical (unpaired) electrons. The lowest BCUT2D eigenvalue weighted by Crippen LogP contribution is -2.46. The number of hydrogen-bond acceptors (Lipinski definition) is 5. The molecule has 2 aromatic rings. The van der Waals surface area contributed by atoms with E-state index >= 15 is 0 Å². The second kappa shape index (κ2) is 9.94. The predicted octanol–water partition coefficient (Wildman–Crippen LogP) is 3.36. The summed E-state index contributed by atoms with van der Waals surface area (Å²) in [7, 11) is 0. The minimum atomic E-state index is -4.56. The highest BCUT2D eigenvalue weighted by Gasteiger charge is 2.39. The van der Waals surface area contributed by atoms with Crippen molar-refractivity contribution in [2.75, 3.05) is 6.61 Å². The summed E-state index contributed by atoms with van der Waals surface area (Å²) in [6.07, 6.45) is -0.936. The van der Waals surface area contributed by atoms with Gasteiger partial charge in [-0.1, -0.05) is 12.1 Å². The third kappa shape index (κ3) is 4.83. The van der Waals surface area contributed by atoms with E-state index in [1.807, 2.05) is 0 Å². The molecule has 194 valence electrons. The van der Waals surface area contributed by atoms with E-state index in [0.717, 1.165) is 10.6 Å². The van der Waals surface area contributed by atoms with E-state index < -0.39 is 35.0 Å². The van der Waals surface area contributed by atoms with E-state index in [1.165, 1.54) is 29.8 Å². The van der Waals surface area contributed by atoms with Crippen LogP contribution in [0.15, 0.2) is 34.0 Å². The number of fused-ring (bicyclic) bond motifs is 1. The van der Waals surface area contributed by atoms with Gasteiger partial charge in [-0.05, 0) is 62.6 Å². The standard InChI is InChI=1S/C25H28F3N3O5/c1-3-36-23(34)19-13-30(16-9-7-15(8-10-16)29-14(2)32)24(35)31(22(19)33)21-12-11-17-18(21)5-4-6-20(17)25(26,27)28/h4-6,13,15-16,21H,3,7-12H2,1-2H3,(H,29,32)/t15?,16?,21-/m1/s1. The summed E-state index contributed by atoms with van der Waals surface area (Å²) in [6.45, 7) is 3.03. The van der Waals surface area contributed by atoms with Crippen molar-refractivity contribution in [2.24, 2.45) is 0 Å². The second-order valence-corrected chi connectivity index (χ2v) is 9.26. The van der Waals surface area contributed by atoms with Crippen LogP contribution in [0, 0.1) is 0 Å². The van der Waals surface area contributed by atoms with Gasteiger partial charge >= 0.3 is 17.8 Å². The van der Waals surface area contributed by atoms with Crippen LogP contribution in [0.5, 0.6) is 0 Å². The number of carbonyl (C=O) groups excluding carboxylic acids is 2. The number of ether oxygens (including phenoxy) is 1. The molecule has 0 saturated heterocycles. The van der Waals surface area contributed by atoms with E-state index in [4.69, 9.17) is 4.74 Å². The smallest absolute Gasteiger partial charge is 0.416 e. The largest absolute Gasteiger partial charge is 0.462 e. The highest BCUT2D eigenvalue weighted by atomic mass is 19.4. The molecule has 1 heterocycles. The molecule has 1 aromatic heterocycles. The number of nitrogens with one attached hydrogen (secondary N) is 1. The summed E-state index contributed by atoms with van der Waals surface area (Å²) in [4.78, 5) is 51.0. The SMILES string of the molecule is CCOC(=O)c1cn(C2CCC(NC(C)=O)CC2)c(=O)n([C@@H]2CCc3c2cccc3C(F)(F)F)c1=O. The number of nitrogens with zero attached hydrogens (tertiary/aromatic N) is 2. The monoisotopic (exact) mass is 507 g/mol. The molecule has 4 rings (SSSR count). The number of esters is 1. The van der Waals surface area contributed by atoms with Gasteiger partial charge in [-0.3, -0.25) is 18.7 Å². The van der Waals surface area contributed by atoms with E-state index in [-0.39, 0.29) is 54.1 Å². The van der Waals surface area contributed by atoms with Crippen LogP contribution in [0.3, 0.4) is 0 Å². The maximum atomic E-state index is 13.6. The Balaban J connectivity index is 1.81. The van der Waals surface area contributed by atoms with Crippen LogP contribution in [-0.4, -0.2) is 33.7 Å². The highest BCUT2D eigenvalue weighted by Crippen LogP contribution is 2.41. The molecule has 0 bridgehead atoms. The summed E-state index contributed by atoms with van der Waals surface area (Å²) < 4.78 is 48.0. The average Bonchev–Trinajstić information content (AvgIpc) is 3.23. The first-order valence-electron chi connectivity index (χ1n) is 12.0. The Hall–Kier alpha value is -3.37. The molecule has 1 atom stereocenters. The summed E-state index contributed by atoms with van der Waals surface area (Å²) in [5, 5.41) is 2.86. The number of hydrogen-bond donors (Lipinski definition) is 1. The summed E-state index contributed by atoms with van der Waals surface area (Å²) >= 11 is 0. The Morgan fingerprint density at radius 3 is 2.42 bits per heavy atom. The number of alkyl halides is 3. The maximum absolute atomic E-state index is 13.6. The Kier molecular flexibility index (Phi) is 7.10. The molecule has 0 spiro atoms. The van der Waals surface area contributed by atoms with E-state index in [1.54, 1.807) is 6.92 Å². The van der Waals surface area contributed by atoms with E-state index in [0.29, 0.717) is 25.7 Å².